The number of nitrogens with zero attached hydrogens (tertiary/aromatic N) is 1. The molecule has 1 N–H and O–H groups in total. The SMILES string of the molecule is CC(C)C(=O)/C=C(\O)C(C(F)(F)F)C(F)(F)F.CC(C)c1cnc(-c2[c-]ccc3cc4c(cc23)CC2(Cc3ccccc3C2)C4)cc1C(C)C.[Ir]. The van der Waals surface area contributed by atoms with E-state index in [1.807, 2.05) is 0 Å². The molecule has 275 valence electrons. The zero-order chi connectivity index (χ0) is 36.8. The molecule has 51 heavy (non-hydrogen) atoms. The van der Waals surface area contributed by atoms with Gasteiger partial charge >= 0.3 is 12.4 Å². The van der Waals surface area contributed by atoms with Crippen LogP contribution in [-0.2, 0) is 50.6 Å². The number of carbonyl (C=O) groups excluding carboxylic acids is 1. The van der Waals surface area contributed by atoms with Crippen LogP contribution in [0, 0.1) is 23.3 Å². The van der Waals surface area contributed by atoms with Crippen LogP contribution in [0.4, 0.5) is 26.3 Å². The number of pyridine rings is 1. The number of aromatic nitrogens is 1. The summed E-state index contributed by atoms with van der Waals surface area (Å²) < 4.78 is 72.5. The molecule has 3 aromatic carbocycles. The van der Waals surface area contributed by atoms with Crippen LogP contribution in [0.5, 0.6) is 0 Å². The summed E-state index contributed by atoms with van der Waals surface area (Å²) in [4.78, 5) is 15.9. The molecular weight excluding hydrogens is 845 g/mol. The second-order valence-corrected chi connectivity index (χ2v) is 14.7. The summed E-state index contributed by atoms with van der Waals surface area (Å²) in [5.41, 5.74) is 11.5. The van der Waals surface area contributed by atoms with Gasteiger partial charge in [0.05, 0.1) is 0 Å². The molecule has 0 aliphatic heterocycles. The number of ketones is 1. The van der Waals surface area contributed by atoms with Crippen LogP contribution in [0.25, 0.3) is 22.0 Å². The van der Waals surface area contributed by atoms with Crippen LogP contribution >= 0.6 is 0 Å². The number of halogens is 6. The molecule has 0 amide bonds. The van der Waals surface area contributed by atoms with Crippen molar-refractivity contribution >= 4 is 16.6 Å². The van der Waals surface area contributed by atoms with Gasteiger partial charge < -0.3 is 10.1 Å². The Morgan fingerprint density at radius 2 is 1.33 bits per heavy atom. The Bertz CT molecular complexity index is 1890. The molecule has 6 rings (SSSR count). The predicted octanol–water partition coefficient (Wildman–Crippen LogP) is 11.2. The van der Waals surface area contributed by atoms with E-state index in [2.05, 4.69) is 94.6 Å². The topological polar surface area (TPSA) is 50.2 Å². The van der Waals surface area contributed by atoms with E-state index < -0.39 is 35.7 Å². The molecule has 0 bridgehead atoms. The van der Waals surface area contributed by atoms with Crippen molar-refractivity contribution in [1.82, 2.24) is 4.98 Å². The Hall–Kier alpha value is -3.49. The predicted molar refractivity (Wildman–Crippen MR) is 184 cm³/mol. The fraction of sp³-hybridized carbons (Fsp3) is 0.415. The summed E-state index contributed by atoms with van der Waals surface area (Å²) in [6, 6.07) is 24.1. The van der Waals surface area contributed by atoms with Crippen LogP contribution in [0.15, 0.2) is 72.6 Å². The van der Waals surface area contributed by atoms with Gasteiger partial charge in [0, 0.05) is 38.3 Å². The molecule has 1 radical (unpaired) electrons. The third-order valence-electron chi connectivity index (χ3n) is 9.79. The Kier molecular flexibility index (Phi) is 12.0. The van der Waals surface area contributed by atoms with Gasteiger partial charge in [-0.05, 0) is 76.4 Å². The first-order valence-electron chi connectivity index (χ1n) is 16.9. The summed E-state index contributed by atoms with van der Waals surface area (Å²) >= 11 is 0. The molecule has 3 nitrogen and oxygen atoms in total. The minimum atomic E-state index is -5.70. The molecule has 0 fully saturated rings. The van der Waals surface area contributed by atoms with Gasteiger partial charge in [-0.1, -0.05) is 95.0 Å². The summed E-state index contributed by atoms with van der Waals surface area (Å²) in [5, 5.41) is 11.4. The first kappa shape index (κ1) is 40.3. The van der Waals surface area contributed by atoms with Crippen LogP contribution in [0.2, 0.25) is 0 Å². The standard InChI is InChI=1S/C32H32N.C9H10F6O2.Ir/c1-20(2)28-14-31(33-19-30(28)21(3)4)27-11-7-10-22-12-25-17-32(18-26(25)13-29(22)27)15-23-8-5-6-9-24(23)16-32;1-4(2)5(16)3-6(17)7(8(10,11)12)9(13,14)15;/h5-10,12-14,19-21H,15-18H2,1-4H3;3-4,7,17H,1-2H3;/q-1;;/b;6-3-;. The largest absolute Gasteiger partial charge is 0.511 e. The Labute approximate surface area is 308 Å². The van der Waals surface area contributed by atoms with Gasteiger partial charge in [-0.15, -0.1) is 29.1 Å². The smallest absolute Gasteiger partial charge is 0.407 e. The molecular formula is C41H42F6IrNO2-. The molecule has 2 aliphatic rings. The summed E-state index contributed by atoms with van der Waals surface area (Å²) in [5.74, 6) is -6.93. The second kappa shape index (κ2) is 15.2. The van der Waals surface area contributed by atoms with Gasteiger partial charge in [-0.3, -0.25) is 4.79 Å². The van der Waals surface area contributed by atoms with Gasteiger partial charge in [0.25, 0.3) is 0 Å². The van der Waals surface area contributed by atoms with E-state index in [-0.39, 0.29) is 26.2 Å². The third kappa shape index (κ3) is 8.77. The van der Waals surface area contributed by atoms with Crippen LogP contribution in [0.1, 0.15) is 86.8 Å². The normalized spacial score (nSPS) is 15.3. The van der Waals surface area contributed by atoms with Gasteiger partial charge in [0.2, 0.25) is 5.92 Å². The zero-order valence-electron chi connectivity index (χ0n) is 29.4. The van der Waals surface area contributed by atoms with Crippen LogP contribution in [-0.4, -0.2) is 28.2 Å². The molecule has 0 saturated heterocycles. The van der Waals surface area contributed by atoms with E-state index >= 15 is 0 Å². The summed E-state index contributed by atoms with van der Waals surface area (Å²) in [6.45, 7) is 11.6. The first-order valence-corrected chi connectivity index (χ1v) is 16.9. The first-order chi connectivity index (χ1) is 23.3. The van der Waals surface area contributed by atoms with Crippen molar-refractivity contribution in [3.05, 3.63) is 112 Å². The average Bonchev–Trinajstić information content (AvgIpc) is 3.54. The molecule has 1 spiro atoms. The fourth-order valence-corrected chi connectivity index (χ4v) is 7.31. The maximum atomic E-state index is 12.1. The number of aliphatic hydroxyl groups excluding tert-OH is 1. The molecule has 1 aromatic heterocycles. The molecule has 4 aromatic rings. The van der Waals surface area contributed by atoms with Crippen LogP contribution < -0.4 is 0 Å². The van der Waals surface area contributed by atoms with Crippen molar-refractivity contribution in [3.8, 4) is 11.3 Å². The third-order valence-corrected chi connectivity index (χ3v) is 9.79. The number of fused-ring (bicyclic) bond motifs is 3. The average molecular weight is 887 g/mol. The summed E-state index contributed by atoms with van der Waals surface area (Å²) in [7, 11) is 0. The number of aliphatic hydroxyl groups is 1. The van der Waals surface area contributed by atoms with Crippen molar-refractivity contribution in [2.45, 2.75) is 91.4 Å². The number of carbonyl (C=O) groups is 1. The molecule has 0 unspecified atom stereocenters. The van der Waals surface area contributed by atoms with Crippen molar-refractivity contribution < 1.29 is 56.3 Å². The van der Waals surface area contributed by atoms with Crippen molar-refractivity contribution in [2.24, 2.45) is 17.3 Å². The number of benzene rings is 3. The van der Waals surface area contributed by atoms with Crippen molar-refractivity contribution in [2.75, 3.05) is 0 Å². The van der Waals surface area contributed by atoms with Crippen molar-refractivity contribution in [3.63, 3.8) is 0 Å². The quantitative estimate of drug-likeness (QED) is 0.0908. The van der Waals surface area contributed by atoms with E-state index in [1.54, 1.807) is 16.7 Å². The van der Waals surface area contributed by atoms with E-state index in [9.17, 15) is 31.1 Å². The Balaban J connectivity index is 0.000000279. The number of allylic oxidation sites excluding steroid dienone is 2. The van der Waals surface area contributed by atoms with E-state index in [4.69, 9.17) is 10.1 Å². The molecule has 1 heterocycles. The van der Waals surface area contributed by atoms with Gasteiger partial charge in [-0.2, -0.15) is 26.3 Å². The molecule has 0 atom stereocenters. The van der Waals surface area contributed by atoms with Gasteiger partial charge in [0.1, 0.15) is 5.76 Å². The Morgan fingerprint density at radius 3 is 1.84 bits per heavy atom. The maximum Gasteiger partial charge on any atom is 0.407 e. The van der Waals surface area contributed by atoms with Gasteiger partial charge in [0.15, 0.2) is 5.78 Å². The molecule has 0 saturated carbocycles. The number of hydrogen-bond acceptors (Lipinski definition) is 3. The maximum absolute atomic E-state index is 12.1. The van der Waals surface area contributed by atoms with E-state index in [0.29, 0.717) is 17.3 Å². The fourth-order valence-electron chi connectivity index (χ4n) is 7.31. The number of alkyl halides is 6. The van der Waals surface area contributed by atoms with Crippen LogP contribution in [0.3, 0.4) is 0 Å². The minimum absolute atomic E-state index is 0. The number of hydrogen-bond donors (Lipinski definition) is 1. The minimum Gasteiger partial charge on any atom is -0.511 e. The van der Waals surface area contributed by atoms with E-state index in [0.717, 1.165) is 11.3 Å². The zero-order valence-corrected chi connectivity index (χ0v) is 31.8. The monoisotopic (exact) mass is 887 g/mol. The van der Waals surface area contributed by atoms with E-state index in [1.165, 1.54) is 67.0 Å². The second-order valence-electron chi connectivity index (χ2n) is 14.7. The molecule has 2 aliphatic carbocycles. The Morgan fingerprint density at radius 1 is 0.804 bits per heavy atom. The summed E-state index contributed by atoms with van der Waals surface area (Å²) in [6.07, 6.45) is -4.53. The van der Waals surface area contributed by atoms with Crippen molar-refractivity contribution in [1.29, 1.82) is 0 Å². The number of rotatable bonds is 6. The van der Waals surface area contributed by atoms with Gasteiger partial charge in [-0.25, -0.2) is 0 Å². The molecule has 10 heteroatoms.